The van der Waals surface area contributed by atoms with Crippen LogP contribution in [0, 0.1) is 5.92 Å². The third kappa shape index (κ3) is 8.16. The Balaban J connectivity index is 2.06. The normalized spacial score (nSPS) is 13.2. The third-order valence-electron chi connectivity index (χ3n) is 4.91. The second-order valence-corrected chi connectivity index (χ2v) is 8.07. The van der Waals surface area contributed by atoms with Crippen LogP contribution in [-0.4, -0.2) is 55.0 Å². The van der Waals surface area contributed by atoms with Crippen LogP contribution in [0.2, 0.25) is 0 Å². The Hall–Kier alpha value is -3.82. The summed E-state index contributed by atoms with van der Waals surface area (Å²) in [7, 11) is 1.39. The number of esters is 2. The Morgan fingerprint density at radius 1 is 1.03 bits per heavy atom. The lowest BCUT2D eigenvalue weighted by molar-refractivity contribution is -0.156. The maximum Gasteiger partial charge on any atom is 0.328 e. The first-order chi connectivity index (χ1) is 16.6. The molecule has 2 aromatic rings. The van der Waals surface area contributed by atoms with Crippen molar-refractivity contribution in [1.29, 1.82) is 0 Å². The third-order valence-corrected chi connectivity index (χ3v) is 4.91. The number of benzene rings is 1. The van der Waals surface area contributed by atoms with Crippen LogP contribution in [0.3, 0.4) is 0 Å². The molecular formula is C25H32N2O8. The van der Waals surface area contributed by atoms with E-state index in [1.807, 2.05) is 44.2 Å². The van der Waals surface area contributed by atoms with Gasteiger partial charge in [0.05, 0.1) is 7.11 Å². The summed E-state index contributed by atoms with van der Waals surface area (Å²) in [5, 5.41) is 2.55. The van der Waals surface area contributed by atoms with Crippen molar-refractivity contribution in [2.45, 2.75) is 52.9 Å². The largest absolute Gasteiger partial charge is 0.493 e. The summed E-state index contributed by atoms with van der Waals surface area (Å²) in [5.74, 6) is -0.988. The van der Waals surface area contributed by atoms with E-state index in [-0.39, 0.29) is 23.1 Å². The molecule has 10 heteroatoms. The molecule has 0 unspecified atom stereocenters. The highest BCUT2D eigenvalue weighted by molar-refractivity contribution is 5.98. The Morgan fingerprint density at radius 3 is 2.31 bits per heavy atom. The number of carbonyl (C=O) groups is 3. The van der Waals surface area contributed by atoms with Crippen molar-refractivity contribution >= 4 is 17.8 Å². The van der Waals surface area contributed by atoms with Crippen LogP contribution in [0.1, 0.15) is 45.1 Å². The van der Waals surface area contributed by atoms with Crippen molar-refractivity contribution < 1.29 is 38.1 Å². The van der Waals surface area contributed by atoms with E-state index in [1.165, 1.54) is 33.2 Å². The van der Waals surface area contributed by atoms with Crippen LogP contribution in [0.5, 0.6) is 17.2 Å². The minimum atomic E-state index is -0.996. The summed E-state index contributed by atoms with van der Waals surface area (Å²) < 4.78 is 27.0. The molecule has 2 rings (SSSR count). The number of amides is 1. The van der Waals surface area contributed by atoms with Crippen LogP contribution in [0.15, 0.2) is 42.6 Å². The molecule has 0 fully saturated rings. The molecule has 0 bridgehead atoms. The lowest BCUT2D eigenvalue weighted by Crippen LogP contribution is -2.44. The van der Waals surface area contributed by atoms with E-state index in [1.54, 1.807) is 6.92 Å². The molecule has 0 saturated carbocycles. The summed E-state index contributed by atoms with van der Waals surface area (Å²) in [6, 6.07) is 9.75. The van der Waals surface area contributed by atoms with Crippen molar-refractivity contribution in [3.63, 3.8) is 0 Å². The summed E-state index contributed by atoms with van der Waals surface area (Å²) in [5.41, 5.74) is -0.142. The molecule has 10 nitrogen and oxygen atoms in total. The molecule has 1 aromatic heterocycles. The average molecular weight is 489 g/mol. The average Bonchev–Trinajstić information content (AvgIpc) is 2.82. The highest BCUT2D eigenvalue weighted by atomic mass is 16.7. The lowest BCUT2D eigenvalue weighted by atomic mass is 10.0. The Morgan fingerprint density at radius 2 is 1.71 bits per heavy atom. The number of aromatic nitrogens is 1. The zero-order valence-corrected chi connectivity index (χ0v) is 20.8. The molecule has 0 saturated heterocycles. The highest BCUT2D eigenvalue weighted by Crippen LogP contribution is 2.29. The van der Waals surface area contributed by atoms with Gasteiger partial charge in [0.15, 0.2) is 17.2 Å². The molecule has 35 heavy (non-hydrogen) atoms. The second kappa shape index (κ2) is 13.2. The van der Waals surface area contributed by atoms with Gasteiger partial charge in [0, 0.05) is 19.2 Å². The second-order valence-electron chi connectivity index (χ2n) is 8.07. The van der Waals surface area contributed by atoms with Gasteiger partial charge < -0.3 is 29.0 Å². The molecular weight excluding hydrogens is 456 g/mol. The van der Waals surface area contributed by atoms with Crippen LogP contribution in [-0.2, 0) is 19.1 Å². The van der Waals surface area contributed by atoms with E-state index in [4.69, 9.17) is 23.7 Å². The molecule has 0 spiro atoms. The summed E-state index contributed by atoms with van der Waals surface area (Å²) in [6.45, 7) is 7.95. The minimum absolute atomic E-state index is 0.0289. The molecule has 1 N–H and O–H groups in total. The molecule has 0 aliphatic heterocycles. The Kier molecular flexibility index (Phi) is 10.3. The quantitative estimate of drug-likeness (QED) is 0.355. The fourth-order valence-corrected chi connectivity index (χ4v) is 3.17. The molecule has 3 atom stereocenters. The van der Waals surface area contributed by atoms with E-state index in [0.717, 1.165) is 0 Å². The van der Waals surface area contributed by atoms with Crippen LogP contribution < -0.4 is 19.5 Å². The molecule has 1 amide bonds. The predicted octanol–water partition coefficient (Wildman–Crippen LogP) is 3.14. The number of ether oxygens (including phenoxy) is 5. The van der Waals surface area contributed by atoms with Gasteiger partial charge in [-0.3, -0.25) is 9.59 Å². The number of para-hydroxylation sites is 1. The van der Waals surface area contributed by atoms with Crippen LogP contribution in [0.4, 0.5) is 0 Å². The van der Waals surface area contributed by atoms with Gasteiger partial charge >= 0.3 is 11.9 Å². The van der Waals surface area contributed by atoms with E-state index in [9.17, 15) is 14.4 Å². The maximum absolute atomic E-state index is 12.9. The molecule has 0 radical (unpaired) electrons. The van der Waals surface area contributed by atoms with Crippen molar-refractivity contribution in [2.24, 2.45) is 5.92 Å². The van der Waals surface area contributed by atoms with Gasteiger partial charge in [0.1, 0.15) is 24.0 Å². The molecule has 190 valence electrons. The van der Waals surface area contributed by atoms with Gasteiger partial charge in [-0.1, -0.05) is 32.0 Å². The van der Waals surface area contributed by atoms with Crippen LogP contribution in [0.25, 0.3) is 0 Å². The van der Waals surface area contributed by atoms with Gasteiger partial charge in [-0.25, -0.2) is 9.78 Å². The first-order valence-corrected chi connectivity index (χ1v) is 11.2. The topological polar surface area (TPSA) is 122 Å². The van der Waals surface area contributed by atoms with Gasteiger partial charge in [-0.2, -0.15) is 0 Å². The van der Waals surface area contributed by atoms with Crippen molar-refractivity contribution in [3.8, 4) is 17.2 Å². The lowest BCUT2D eigenvalue weighted by Gasteiger charge is -2.29. The van der Waals surface area contributed by atoms with E-state index in [2.05, 4.69) is 10.3 Å². The summed E-state index contributed by atoms with van der Waals surface area (Å²) in [6.07, 6.45) is 0.372. The predicted molar refractivity (Wildman–Crippen MR) is 126 cm³/mol. The number of nitrogens with one attached hydrogen (secondary N) is 1. The monoisotopic (exact) mass is 488 g/mol. The van der Waals surface area contributed by atoms with Gasteiger partial charge in [-0.05, 0) is 31.9 Å². The fraction of sp³-hybridized carbons (Fsp3) is 0.440. The smallest absolute Gasteiger partial charge is 0.328 e. The summed E-state index contributed by atoms with van der Waals surface area (Å²) in [4.78, 5) is 40.6. The number of carbonyl (C=O) groups excluding carboxylic acids is 3. The van der Waals surface area contributed by atoms with Crippen LogP contribution >= 0.6 is 0 Å². The van der Waals surface area contributed by atoms with Crippen molar-refractivity contribution in [2.75, 3.05) is 13.9 Å². The Bertz CT molecular complexity index is 996. The van der Waals surface area contributed by atoms with Gasteiger partial charge in [-0.15, -0.1) is 0 Å². The zero-order chi connectivity index (χ0) is 26.0. The van der Waals surface area contributed by atoms with E-state index in [0.29, 0.717) is 5.75 Å². The Labute approximate surface area is 204 Å². The SMILES string of the molecule is COc1ccnc(C(=O)N[C@@H](C)C(=O)O[C@@H](C)[C@@H](Oc2ccccc2)C(C)C)c1OCOC(C)=O. The number of nitrogens with zero attached hydrogens (tertiary/aromatic N) is 1. The minimum Gasteiger partial charge on any atom is -0.493 e. The van der Waals surface area contributed by atoms with E-state index < -0.39 is 42.9 Å². The molecule has 1 aromatic carbocycles. The van der Waals surface area contributed by atoms with Crippen molar-refractivity contribution in [1.82, 2.24) is 10.3 Å². The first-order valence-electron chi connectivity index (χ1n) is 11.2. The standard InChI is InChI=1S/C25H32N2O8/c1-15(2)22(35-19-10-8-7-9-11-19)17(4)34-25(30)16(3)27-24(29)21-23(33-14-32-18(5)28)20(31-6)12-13-26-21/h7-13,15-17,22H,14H2,1-6H3,(H,27,29)/t16-,17-,22-/m0/s1. The van der Waals surface area contributed by atoms with Crippen molar-refractivity contribution in [3.05, 3.63) is 48.3 Å². The van der Waals surface area contributed by atoms with Gasteiger partial charge in [0.25, 0.3) is 5.91 Å². The number of hydrogen-bond acceptors (Lipinski definition) is 9. The number of pyridine rings is 1. The van der Waals surface area contributed by atoms with E-state index >= 15 is 0 Å². The molecule has 1 heterocycles. The molecule has 0 aliphatic carbocycles. The molecule has 0 aliphatic rings. The first kappa shape index (κ1) is 27.4. The number of methoxy groups -OCH3 is 1. The number of hydrogen-bond donors (Lipinski definition) is 1. The zero-order valence-electron chi connectivity index (χ0n) is 20.8. The van der Waals surface area contributed by atoms with Gasteiger partial charge in [0.2, 0.25) is 6.79 Å². The number of rotatable bonds is 12. The fourth-order valence-electron chi connectivity index (χ4n) is 3.17. The maximum atomic E-state index is 12.9. The highest BCUT2D eigenvalue weighted by Gasteiger charge is 2.29. The summed E-state index contributed by atoms with van der Waals surface area (Å²) >= 11 is 0.